The molecular formula is C67H49N3. The van der Waals surface area contributed by atoms with Gasteiger partial charge in [0.15, 0.2) is 5.82 Å². The van der Waals surface area contributed by atoms with E-state index in [1.807, 2.05) is 0 Å². The van der Waals surface area contributed by atoms with Crippen LogP contribution >= 0.6 is 0 Å². The van der Waals surface area contributed by atoms with Crippen LogP contribution in [0.5, 0.6) is 0 Å². The van der Waals surface area contributed by atoms with Crippen molar-refractivity contribution in [2.75, 3.05) is 0 Å². The number of rotatable bonds is 10. The molecule has 2 unspecified atom stereocenters. The highest BCUT2D eigenvalue weighted by molar-refractivity contribution is 6.09. The van der Waals surface area contributed by atoms with Gasteiger partial charge in [0.25, 0.3) is 0 Å². The monoisotopic (exact) mass is 895 g/mol. The molecule has 70 heavy (non-hydrogen) atoms. The molecule has 3 nitrogen and oxygen atoms in total. The molecule has 0 amide bonds. The summed E-state index contributed by atoms with van der Waals surface area (Å²) in [5.74, 6) is 1.10. The summed E-state index contributed by atoms with van der Waals surface area (Å²) in [7, 11) is 0. The van der Waals surface area contributed by atoms with Crippen molar-refractivity contribution in [3.63, 3.8) is 0 Å². The van der Waals surface area contributed by atoms with E-state index in [1.165, 1.54) is 27.8 Å². The summed E-state index contributed by atoms with van der Waals surface area (Å²) in [4.78, 5) is 16.4. The van der Waals surface area contributed by atoms with Crippen LogP contribution in [-0.4, -0.2) is 15.7 Å². The second-order valence-electron chi connectivity index (χ2n) is 18.2. The fraction of sp³-hybridized carbons (Fsp3) is 0.0597. The van der Waals surface area contributed by atoms with E-state index >= 15 is 0 Å². The van der Waals surface area contributed by atoms with E-state index in [9.17, 15) is 0 Å². The van der Waals surface area contributed by atoms with Crippen molar-refractivity contribution in [1.29, 1.82) is 0 Å². The molecule has 1 aliphatic heterocycles. The molecule has 2 atom stereocenters. The topological polar surface area (TPSA) is 38.1 Å². The first-order valence-corrected chi connectivity index (χ1v) is 24.3. The van der Waals surface area contributed by atoms with Crippen molar-refractivity contribution in [1.82, 2.24) is 9.97 Å². The Bertz CT molecular complexity index is 3560. The van der Waals surface area contributed by atoms with Crippen LogP contribution in [0.15, 0.2) is 265 Å². The number of fused-ring (bicyclic) bond motifs is 2. The van der Waals surface area contributed by atoms with Crippen molar-refractivity contribution >= 4 is 22.3 Å². The summed E-state index contributed by atoms with van der Waals surface area (Å²) in [6.07, 6.45) is 10.00. The minimum Gasteiger partial charge on any atom is -0.252 e. The molecule has 12 rings (SSSR count). The molecule has 10 aromatic rings. The standard InChI is InChI=1S/C67H49N3/c1-2-59-60-33-15-16-34-61(60)64(69-66(59)57-41-53(45-21-7-3-8-22-45)39-54(42-57)46-23-9-4-10-24-46)51-31-19-29-49(37-51)50-30-20-32-52(38-50)65-62-35-17-18-36-63(62)68-67(70-65)58-43-55(47-25-11-5-12-26-47)40-56(44-58)48-27-13-6-14-28-48/h3-44,59-60H,2H2,1H3. The highest BCUT2D eigenvalue weighted by atomic mass is 14.9. The van der Waals surface area contributed by atoms with Gasteiger partial charge in [-0.2, -0.15) is 0 Å². The third-order valence-electron chi connectivity index (χ3n) is 13.9. The second kappa shape index (κ2) is 18.7. The minimum atomic E-state index is 0.197. The van der Waals surface area contributed by atoms with Gasteiger partial charge in [-0.3, -0.25) is 4.99 Å². The maximum Gasteiger partial charge on any atom is 0.160 e. The molecule has 0 N–H and O–H groups in total. The number of hydrogen-bond acceptors (Lipinski definition) is 3. The number of benzene rings is 9. The first-order valence-electron chi connectivity index (χ1n) is 24.3. The largest absolute Gasteiger partial charge is 0.252 e. The van der Waals surface area contributed by atoms with E-state index in [1.54, 1.807) is 0 Å². The van der Waals surface area contributed by atoms with Crippen LogP contribution in [0.1, 0.15) is 24.5 Å². The number of aromatic nitrogens is 2. The van der Waals surface area contributed by atoms with Gasteiger partial charge >= 0.3 is 0 Å². The van der Waals surface area contributed by atoms with E-state index in [-0.39, 0.29) is 11.8 Å². The summed E-state index contributed by atoms with van der Waals surface area (Å²) in [5.41, 5.74) is 21.0. The van der Waals surface area contributed by atoms with Gasteiger partial charge in [-0.25, -0.2) is 9.97 Å². The van der Waals surface area contributed by atoms with Gasteiger partial charge in [0.2, 0.25) is 0 Å². The first-order chi connectivity index (χ1) is 34.6. The smallest absolute Gasteiger partial charge is 0.160 e. The maximum absolute atomic E-state index is 5.75. The van der Waals surface area contributed by atoms with Gasteiger partial charge in [0.05, 0.1) is 22.6 Å². The molecule has 9 aromatic carbocycles. The summed E-state index contributed by atoms with van der Waals surface area (Å²) in [5, 5.41) is 1.01. The SMILES string of the molecule is CCC1C(c2cc(-c3ccccc3)cc(-c3ccccc3)c2)=NC(c2cccc(-c3cccc(-c4nc(-c5cc(-c6ccccc6)cc(-c6ccccc6)c5)nc5ccccc45)c3)c2)=C2C=CC=CC21. The van der Waals surface area contributed by atoms with E-state index < -0.39 is 0 Å². The van der Waals surface area contributed by atoms with Gasteiger partial charge < -0.3 is 0 Å². The Balaban J connectivity index is 0.961. The summed E-state index contributed by atoms with van der Waals surface area (Å²) < 4.78 is 0. The van der Waals surface area contributed by atoms with Crippen LogP contribution in [0.25, 0.3) is 94.9 Å². The predicted octanol–water partition coefficient (Wildman–Crippen LogP) is 17.3. The molecule has 1 aliphatic carbocycles. The molecule has 2 aliphatic rings. The summed E-state index contributed by atoms with van der Waals surface area (Å²) in [6, 6.07) is 82.4. The zero-order valence-electron chi connectivity index (χ0n) is 39.0. The van der Waals surface area contributed by atoms with Gasteiger partial charge in [-0.15, -0.1) is 0 Å². The fourth-order valence-electron chi connectivity index (χ4n) is 10.4. The van der Waals surface area contributed by atoms with Crippen LogP contribution < -0.4 is 0 Å². The molecule has 2 heterocycles. The minimum absolute atomic E-state index is 0.197. The molecule has 3 heteroatoms. The van der Waals surface area contributed by atoms with Crippen LogP contribution in [-0.2, 0) is 0 Å². The van der Waals surface area contributed by atoms with Gasteiger partial charge in [0.1, 0.15) is 0 Å². The van der Waals surface area contributed by atoms with Crippen molar-refractivity contribution in [3.8, 4) is 78.3 Å². The molecule has 332 valence electrons. The number of hydrogen-bond donors (Lipinski definition) is 0. The van der Waals surface area contributed by atoms with Crippen molar-refractivity contribution in [2.24, 2.45) is 16.8 Å². The van der Waals surface area contributed by atoms with Crippen LogP contribution in [0.2, 0.25) is 0 Å². The Morgan fingerprint density at radius 1 is 0.371 bits per heavy atom. The highest BCUT2D eigenvalue weighted by Gasteiger charge is 2.34. The van der Waals surface area contributed by atoms with Gasteiger partial charge in [-0.1, -0.05) is 207 Å². The Labute approximate surface area is 410 Å². The zero-order chi connectivity index (χ0) is 46.8. The van der Waals surface area contributed by atoms with E-state index in [0.717, 1.165) is 90.1 Å². The Morgan fingerprint density at radius 2 is 0.814 bits per heavy atom. The average molecular weight is 896 g/mol. The van der Waals surface area contributed by atoms with E-state index in [2.05, 4.69) is 262 Å². The average Bonchev–Trinajstić information content (AvgIpc) is 3.45. The highest BCUT2D eigenvalue weighted by Crippen LogP contribution is 2.44. The van der Waals surface area contributed by atoms with E-state index in [4.69, 9.17) is 15.0 Å². The quantitative estimate of drug-likeness (QED) is 0.137. The van der Waals surface area contributed by atoms with Crippen LogP contribution in [0.4, 0.5) is 0 Å². The molecule has 0 saturated carbocycles. The number of para-hydroxylation sites is 1. The molecule has 0 bridgehead atoms. The molecular weight excluding hydrogens is 847 g/mol. The fourth-order valence-corrected chi connectivity index (χ4v) is 10.4. The second-order valence-corrected chi connectivity index (χ2v) is 18.2. The lowest BCUT2D eigenvalue weighted by molar-refractivity contribution is 0.549. The molecule has 0 spiro atoms. The van der Waals surface area contributed by atoms with Crippen LogP contribution in [0.3, 0.4) is 0 Å². The summed E-state index contributed by atoms with van der Waals surface area (Å²) >= 11 is 0. The van der Waals surface area contributed by atoms with E-state index in [0.29, 0.717) is 5.82 Å². The normalized spacial score (nSPS) is 15.2. The maximum atomic E-state index is 5.75. The molecule has 0 fully saturated rings. The third-order valence-corrected chi connectivity index (χ3v) is 13.9. The number of allylic oxidation sites excluding steroid dienone is 5. The third kappa shape index (κ3) is 8.33. The van der Waals surface area contributed by atoms with Gasteiger partial charge in [0, 0.05) is 33.9 Å². The molecule has 0 radical (unpaired) electrons. The van der Waals surface area contributed by atoms with Crippen molar-refractivity contribution in [3.05, 3.63) is 272 Å². The van der Waals surface area contributed by atoms with Crippen LogP contribution in [0, 0.1) is 11.8 Å². The number of aliphatic imine (C=N–C) groups is 1. The lowest BCUT2D eigenvalue weighted by Crippen LogP contribution is -2.29. The Hall–Kier alpha value is -8.79. The number of nitrogens with zero attached hydrogens (tertiary/aromatic N) is 3. The predicted molar refractivity (Wildman–Crippen MR) is 293 cm³/mol. The lowest BCUT2D eigenvalue weighted by atomic mass is 9.73. The lowest BCUT2D eigenvalue weighted by Gasteiger charge is -2.34. The van der Waals surface area contributed by atoms with Gasteiger partial charge in [-0.05, 0) is 128 Å². The van der Waals surface area contributed by atoms with Crippen molar-refractivity contribution < 1.29 is 0 Å². The Kier molecular flexibility index (Phi) is 11.4. The zero-order valence-corrected chi connectivity index (χ0v) is 39.0. The van der Waals surface area contributed by atoms with Crippen molar-refractivity contribution in [2.45, 2.75) is 13.3 Å². The first kappa shape index (κ1) is 42.6. The Morgan fingerprint density at radius 3 is 1.37 bits per heavy atom. The molecule has 1 aromatic heterocycles. The molecule has 0 saturated heterocycles. The summed E-state index contributed by atoms with van der Waals surface area (Å²) in [6.45, 7) is 2.30.